The third-order valence-corrected chi connectivity index (χ3v) is 6.76. The third kappa shape index (κ3) is 3.31. The van der Waals surface area contributed by atoms with Crippen molar-refractivity contribution in [3.63, 3.8) is 0 Å². The lowest BCUT2D eigenvalue weighted by Gasteiger charge is -2.08. The van der Waals surface area contributed by atoms with Crippen LogP contribution in [0.4, 0.5) is 0 Å². The number of pyridine rings is 1. The van der Waals surface area contributed by atoms with Crippen LogP contribution in [0.1, 0.15) is 13.3 Å². The quantitative estimate of drug-likeness (QED) is 0.354. The molecule has 0 saturated carbocycles. The zero-order valence-electron chi connectivity index (χ0n) is 14.2. The molecular weight excluding hydrogens is 386 g/mol. The molecule has 0 spiro atoms. The second-order valence-corrected chi connectivity index (χ2v) is 8.32. The maximum absolute atomic E-state index is 4.51. The molecule has 0 amide bonds. The zero-order chi connectivity index (χ0) is 17.9. The van der Waals surface area contributed by atoms with E-state index in [0.29, 0.717) is 0 Å². The summed E-state index contributed by atoms with van der Waals surface area (Å²) < 4.78 is 4.10. The summed E-state index contributed by atoms with van der Waals surface area (Å²) in [5.74, 6) is 0.844. The van der Waals surface area contributed by atoms with Crippen LogP contribution < -0.4 is 0 Å². The van der Waals surface area contributed by atoms with E-state index in [1.165, 1.54) is 11.8 Å². The Morgan fingerprint density at radius 1 is 1.15 bits per heavy atom. The summed E-state index contributed by atoms with van der Waals surface area (Å²) in [6, 6.07) is 3.89. The largest absolute Gasteiger partial charge is 0.302 e. The maximum atomic E-state index is 4.51. The van der Waals surface area contributed by atoms with Crippen LogP contribution >= 0.6 is 34.9 Å². The van der Waals surface area contributed by atoms with Crippen molar-refractivity contribution in [2.24, 2.45) is 0 Å². The molecule has 0 aliphatic carbocycles. The van der Waals surface area contributed by atoms with Gasteiger partial charge in [0.15, 0.2) is 21.0 Å². The van der Waals surface area contributed by atoms with Gasteiger partial charge < -0.3 is 4.57 Å². The van der Waals surface area contributed by atoms with Crippen LogP contribution in [0.2, 0.25) is 0 Å². The molecule has 4 aromatic rings. The van der Waals surface area contributed by atoms with Gasteiger partial charge in [0.1, 0.15) is 16.1 Å². The molecule has 0 bridgehead atoms. The molecule has 26 heavy (non-hydrogen) atoms. The van der Waals surface area contributed by atoms with Crippen molar-refractivity contribution in [1.29, 1.82) is 0 Å². The predicted molar refractivity (Wildman–Crippen MR) is 105 cm³/mol. The van der Waals surface area contributed by atoms with Crippen molar-refractivity contribution in [3.05, 3.63) is 30.9 Å². The molecule has 0 aromatic carbocycles. The van der Waals surface area contributed by atoms with Gasteiger partial charge in [-0.05, 0) is 36.6 Å². The van der Waals surface area contributed by atoms with Gasteiger partial charge in [-0.25, -0.2) is 15.0 Å². The fraction of sp³-hybridized carbons (Fsp3) is 0.250. The van der Waals surface area contributed by atoms with E-state index in [2.05, 4.69) is 41.6 Å². The smallest absolute Gasteiger partial charge is 0.197 e. The van der Waals surface area contributed by atoms with Gasteiger partial charge in [0, 0.05) is 24.5 Å². The fourth-order valence-corrected chi connectivity index (χ4v) is 4.94. The van der Waals surface area contributed by atoms with Gasteiger partial charge >= 0.3 is 0 Å². The van der Waals surface area contributed by atoms with E-state index >= 15 is 0 Å². The first-order chi connectivity index (χ1) is 12.8. The molecular formula is C16H15N7S3. The van der Waals surface area contributed by atoms with Gasteiger partial charge in [-0.1, -0.05) is 18.7 Å². The minimum atomic E-state index is 0.729. The van der Waals surface area contributed by atoms with Crippen molar-refractivity contribution in [2.75, 3.05) is 6.26 Å². The molecule has 4 rings (SSSR count). The average Bonchev–Trinajstić information content (AvgIpc) is 3.28. The monoisotopic (exact) mass is 401 g/mol. The van der Waals surface area contributed by atoms with Crippen LogP contribution in [0.15, 0.2) is 45.4 Å². The van der Waals surface area contributed by atoms with Crippen LogP contribution in [0.3, 0.4) is 0 Å². The molecule has 0 aliphatic rings. The summed E-state index contributed by atoms with van der Waals surface area (Å²) in [6.07, 6.45) is 8.08. The molecule has 10 heteroatoms. The highest BCUT2D eigenvalue weighted by atomic mass is 32.2. The SMILES string of the molecule is CCCn1c(Sc2ncnc3nc(SC)sc23)nnc1-c1ccncc1. The van der Waals surface area contributed by atoms with Crippen molar-refractivity contribution in [3.8, 4) is 11.4 Å². The predicted octanol–water partition coefficient (Wildman–Crippen LogP) is 4.02. The highest BCUT2D eigenvalue weighted by Crippen LogP contribution is 2.36. The number of rotatable bonds is 6. The normalized spacial score (nSPS) is 11.3. The molecule has 0 atom stereocenters. The number of aromatic nitrogens is 7. The Balaban J connectivity index is 1.75. The Morgan fingerprint density at radius 2 is 2.00 bits per heavy atom. The second-order valence-electron chi connectivity index (χ2n) is 5.31. The van der Waals surface area contributed by atoms with E-state index in [0.717, 1.165) is 49.2 Å². The average molecular weight is 402 g/mol. The molecule has 132 valence electrons. The van der Waals surface area contributed by atoms with Crippen LogP contribution in [0, 0.1) is 0 Å². The molecule has 7 nitrogen and oxygen atoms in total. The zero-order valence-corrected chi connectivity index (χ0v) is 16.6. The van der Waals surface area contributed by atoms with Crippen molar-refractivity contribution < 1.29 is 0 Å². The van der Waals surface area contributed by atoms with Gasteiger partial charge in [-0.15, -0.1) is 21.5 Å². The molecule has 0 radical (unpaired) electrons. The van der Waals surface area contributed by atoms with Gasteiger partial charge in [0.2, 0.25) is 0 Å². The standard InChI is InChI=1S/C16H15N7S3/c1-3-8-23-13(10-4-6-17-7-5-10)21-22-15(23)26-14-11-12(18-9-19-14)20-16(24-2)25-11/h4-7,9H,3,8H2,1-2H3. The first-order valence-electron chi connectivity index (χ1n) is 7.97. The van der Waals surface area contributed by atoms with Crippen LogP contribution in [-0.4, -0.2) is 41.0 Å². The van der Waals surface area contributed by atoms with Crippen molar-refractivity contribution in [2.45, 2.75) is 34.4 Å². The lowest BCUT2D eigenvalue weighted by Crippen LogP contribution is -2.02. The summed E-state index contributed by atoms with van der Waals surface area (Å²) in [5, 5.41) is 10.5. The first-order valence-corrected chi connectivity index (χ1v) is 10.8. The summed E-state index contributed by atoms with van der Waals surface area (Å²) in [6.45, 7) is 2.97. The highest BCUT2D eigenvalue weighted by molar-refractivity contribution is 8.00. The molecule has 0 aliphatic heterocycles. The maximum Gasteiger partial charge on any atom is 0.197 e. The van der Waals surface area contributed by atoms with E-state index in [4.69, 9.17) is 0 Å². The Hall–Kier alpha value is -2.04. The Labute approximate surface area is 162 Å². The Kier molecular flexibility index (Phi) is 5.14. The summed E-state index contributed by atoms with van der Waals surface area (Å²) in [5.41, 5.74) is 1.73. The van der Waals surface area contributed by atoms with E-state index in [9.17, 15) is 0 Å². The van der Waals surface area contributed by atoms with Crippen molar-refractivity contribution >= 4 is 45.2 Å². The number of fused-ring (bicyclic) bond motifs is 1. The molecule has 4 aromatic heterocycles. The van der Waals surface area contributed by atoms with E-state index < -0.39 is 0 Å². The highest BCUT2D eigenvalue weighted by Gasteiger charge is 2.18. The summed E-state index contributed by atoms with van der Waals surface area (Å²) in [7, 11) is 0. The van der Waals surface area contributed by atoms with E-state index in [1.807, 2.05) is 18.4 Å². The molecule has 0 fully saturated rings. The minimum absolute atomic E-state index is 0.729. The van der Waals surface area contributed by atoms with Gasteiger partial charge in [-0.2, -0.15) is 0 Å². The minimum Gasteiger partial charge on any atom is -0.302 e. The molecule has 0 unspecified atom stereocenters. The van der Waals surface area contributed by atoms with Gasteiger partial charge in [0.05, 0.1) is 0 Å². The third-order valence-electron chi connectivity index (χ3n) is 3.60. The Morgan fingerprint density at radius 3 is 2.77 bits per heavy atom. The van der Waals surface area contributed by atoms with Crippen LogP contribution in [0.25, 0.3) is 21.7 Å². The molecule has 0 N–H and O–H groups in total. The molecule has 0 saturated heterocycles. The lowest BCUT2D eigenvalue weighted by atomic mass is 10.2. The second kappa shape index (κ2) is 7.68. The van der Waals surface area contributed by atoms with E-state index in [1.54, 1.807) is 41.8 Å². The number of nitrogens with zero attached hydrogens (tertiary/aromatic N) is 7. The first kappa shape index (κ1) is 17.4. The summed E-state index contributed by atoms with van der Waals surface area (Å²) in [4.78, 5) is 17.3. The number of thiazole rings is 1. The van der Waals surface area contributed by atoms with Gasteiger partial charge in [0.25, 0.3) is 0 Å². The fourth-order valence-electron chi connectivity index (χ4n) is 2.46. The number of hydrogen-bond acceptors (Lipinski definition) is 9. The number of thioether (sulfide) groups is 1. The number of hydrogen-bond donors (Lipinski definition) is 0. The topological polar surface area (TPSA) is 82.3 Å². The van der Waals surface area contributed by atoms with E-state index in [-0.39, 0.29) is 0 Å². The summed E-state index contributed by atoms with van der Waals surface area (Å²) >= 11 is 4.73. The van der Waals surface area contributed by atoms with Gasteiger partial charge in [-0.3, -0.25) is 4.98 Å². The van der Waals surface area contributed by atoms with Crippen LogP contribution in [-0.2, 0) is 6.54 Å². The van der Waals surface area contributed by atoms with Crippen molar-refractivity contribution in [1.82, 2.24) is 34.7 Å². The molecule has 4 heterocycles. The lowest BCUT2D eigenvalue weighted by molar-refractivity contribution is 0.626. The Bertz CT molecular complexity index is 1030. The van der Waals surface area contributed by atoms with Crippen LogP contribution in [0.5, 0.6) is 0 Å².